The van der Waals surface area contributed by atoms with Gasteiger partial charge in [-0.3, -0.25) is 0 Å². The third kappa shape index (κ3) is 3.24. The summed E-state index contributed by atoms with van der Waals surface area (Å²) in [7, 11) is -0.144. The van der Waals surface area contributed by atoms with Crippen molar-refractivity contribution in [3.05, 3.63) is 35.5 Å². The van der Waals surface area contributed by atoms with E-state index >= 15 is 0 Å². The van der Waals surface area contributed by atoms with Gasteiger partial charge in [0.05, 0.1) is 11.0 Å². The van der Waals surface area contributed by atoms with Gasteiger partial charge >= 0.3 is 0 Å². The fourth-order valence-electron chi connectivity index (χ4n) is 3.91. The number of aryl methyl sites for hydroxylation is 2. The highest BCUT2D eigenvalue weighted by atomic mass is 32.2. The number of anilines is 1. The Kier molecular flexibility index (Phi) is 4.69. The Labute approximate surface area is 159 Å². The van der Waals surface area contributed by atoms with Crippen molar-refractivity contribution in [1.29, 1.82) is 0 Å². The summed E-state index contributed by atoms with van der Waals surface area (Å²) in [5, 5.41) is 3.81. The minimum absolute atomic E-state index is 0.211. The van der Waals surface area contributed by atoms with Crippen molar-refractivity contribution >= 4 is 15.7 Å². The van der Waals surface area contributed by atoms with Crippen LogP contribution in [0.4, 0.5) is 5.69 Å². The summed E-state index contributed by atoms with van der Waals surface area (Å²) in [6.07, 6.45) is 2.33. The predicted molar refractivity (Wildman–Crippen MR) is 99.1 cm³/mol. The second kappa shape index (κ2) is 6.88. The molecule has 2 atom stereocenters. The number of rotatable bonds is 4. The Morgan fingerprint density at radius 3 is 2.85 bits per heavy atom. The minimum Gasteiger partial charge on any atom is -0.380 e. The van der Waals surface area contributed by atoms with Crippen LogP contribution >= 0.6 is 0 Å². The minimum atomic E-state index is -3.73. The Balaban J connectivity index is 1.72. The first kappa shape index (κ1) is 18.4. The maximum absolute atomic E-state index is 13.4. The molecule has 3 heterocycles. The van der Waals surface area contributed by atoms with E-state index in [1.807, 2.05) is 13.1 Å². The van der Waals surface area contributed by atoms with Gasteiger partial charge < -0.3 is 14.2 Å². The molecule has 1 fully saturated rings. The van der Waals surface area contributed by atoms with Crippen LogP contribution in [-0.4, -0.2) is 56.2 Å². The molecule has 0 radical (unpaired) electrons. The van der Waals surface area contributed by atoms with Gasteiger partial charge in [0, 0.05) is 39.4 Å². The van der Waals surface area contributed by atoms with Crippen molar-refractivity contribution in [2.24, 2.45) is 0 Å². The predicted octanol–water partition coefficient (Wildman–Crippen LogP) is 1.91. The Hall–Kier alpha value is -1.97. The molecule has 0 spiro atoms. The quantitative estimate of drug-likeness (QED) is 0.785. The van der Waals surface area contributed by atoms with E-state index in [-0.39, 0.29) is 17.5 Å². The van der Waals surface area contributed by atoms with E-state index in [1.54, 1.807) is 26.2 Å². The van der Waals surface area contributed by atoms with Crippen molar-refractivity contribution in [3.8, 4) is 0 Å². The largest absolute Gasteiger partial charge is 0.380 e. The lowest BCUT2D eigenvalue weighted by Crippen LogP contribution is -2.33. The summed E-state index contributed by atoms with van der Waals surface area (Å²) in [5.41, 5.74) is 2.16. The third-order valence-corrected chi connectivity index (χ3v) is 7.26. The number of hydrogen-bond donors (Lipinski definition) is 0. The Morgan fingerprint density at radius 2 is 2.15 bits per heavy atom. The smallest absolute Gasteiger partial charge is 0.245 e. The van der Waals surface area contributed by atoms with Gasteiger partial charge in [0.2, 0.25) is 15.9 Å². The lowest BCUT2D eigenvalue weighted by Gasteiger charge is -2.29. The summed E-state index contributed by atoms with van der Waals surface area (Å²) >= 11 is 0. The van der Waals surface area contributed by atoms with E-state index < -0.39 is 16.1 Å². The zero-order valence-electron chi connectivity index (χ0n) is 15.8. The Bertz CT molecular complexity index is 943. The summed E-state index contributed by atoms with van der Waals surface area (Å²) < 4.78 is 39.0. The first-order chi connectivity index (χ1) is 12.9. The van der Waals surface area contributed by atoms with Crippen LogP contribution in [0.15, 0.2) is 27.6 Å². The van der Waals surface area contributed by atoms with Gasteiger partial charge in [-0.15, -0.1) is 0 Å². The van der Waals surface area contributed by atoms with Gasteiger partial charge in [0.25, 0.3) is 0 Å². The van der Waals surface area contributed by atoms with Gasteiger partial charge in [-0.25, -0.2) is 8.42 Å². The second-order valence-electron chi connectivity index (χ2n) is 7.18. The van der Waals surface area contributed by atoms with Crippen LogP contribution in [0.5, 0.6) is 0 Å². The van der Waals surface area contributed by atoms with Crippen molar-refractivity contribution in [2.75, 3.05) is 32.1 Å². The highest BCUT2D eigenvalue weighted by molar-refractivity contribution is 7.89. The number of ether oxygens (including phenoxy) is 1. The number of aromatic nitrogens is 2. The van der Waals surface area contributed by atoms with Crippen molar-refractivity contribution < 1.29 is 17.7 Å². The molecule has 8 nitrogen and oxygen atoms in total. The average Bonchev–Trinajstić information content (AvgIpc) is 3.28. The summed E-state index contributed by atoms with van der Waals surface area (Å²) in [6, 6.07) is 4.88. The summed E-state index contributed by atoms with van der Waals surface area (Å²) in [5.74, 6) is 0.796. The standard InChI is InChI=1S/C18H24N4O4S/c1-12-19-18(26-20-12)17-9-14(25-3)11-22(17)27(23,24)15-7-6-13-5-4-8-21(2)16(13)10-15/h6-7,10,14,17H,4-5,8-9,11H2,1-3H3/t14-,17+/m0/s1. The number of benzene rings is 1. The molecule has 1 saturated heterocycles. The zero-order chi connectivity index (χ0) is 19.2. The first-order valence-electron chi connectivity index (χ1n) is 9.09. The monoisotopic (exact) mass is 392 g/mol. The molecule has 146 valence electrons. The molecule has 0 aliphatic carbocycles. The molecule has 0 N–H and O–H groups in total. The highest BCUT2D eigenvalue weighted by Crippen LogP contribution is 2.38. The van der Waals surface area contributed by atoms with Crippen LogP contribution in [0.2, 0.25) is 0 Å². The first-order valence-corrected chi connectivity index (χ1v) is 10.5. The van der Waals surface area contributed by atoms with Crippen LogP contribution in [0.25, 0.3) is 0 Å². The molecular weight excluding hydrogens is 368 g/mol. The van der Waals surface area contributed by atoms with Crippen LogP contribution < -0.4 is 4.90 Å². The molecule has 2 aliphatic heterocycles. The van der Waals surface area contributed by atoms with E-state index in [2.05, 4.69) is 15.0 Å². The van der Waals surface area contributed by atoms with Gasteiger partial charge in [0.15, 0.2) is 5.82 Å². The van der Waals surface area contributed by atoms with E-state index in [0.717, 1.165) is 25.1 Å². The molecule has 27 heavy (non-hydrogen) atoms. The molecular formula is C18H24N4O4S. The number of fused-ring (bicyclic) bond motifs is 1. The maximum Gasteiger partial charge on any atom is 0.245 e. The lowest BCUT2D eigenvalue weighted by atomic mass is 10.0. The molecule has 0 bridgehead atoms. The van der Waals surface area contributed by atoms with E-state index in [1.165, 1.54) is 9.87 Å². The molecule has 9 heteroatoms. The van der Waals surface area contributed by atoms with Crippen molar-refractivity contribution in [3.63, 3.8) is 0 Å². The molecule has 2 aliphatic rings. The number of hydrogen-bond acceptors (Lipinski definition) is 7. The van der Waals surface area contributed by atoms with Gasteiger partial charge in [-0.2, -0.15) is 9.29 Å². The third-order valence-electron chi connectivity index (χ3n) is 5.39. The summed E-state index contributed by atoms with van der Waals surface area (Å²) in [4.78, 5) is 6.65. The molecule has 0 amide bonds. The molecule has 0 saturated carbocycles. The van der Waals surface area contributed by atoms with Gasteiger partial charge in [-0.1, -0.05) is 11.2 Å². The maximum atomic E-state index is 13.4. The van der Waals surface area contributed by atoms with E-state index in [4.69, 9.17) is 9.26 Å². The topological polar surface area (TPSA) is 88.8 Å². The molecule has 2 aromatic rings. The normalized spacial score (nSPS) is 23.6. The lowest BCUT2D eigenvalue weighted by molar-refractivity contribution is 0.114. The van der Waals surface area contributed by atoms with Crippen LogP contribution in [0, 0.1) is 6.92 Å². The Morgan fingerprint density at radius 1 is 1.33 bits per heavy atom. The van der Waals surface area contributed by atoms with E-state index in [9.17, 15) is 8.42 Å². The number of nitrogens with zero attached hydrogens (tertiary/aromatic N) is 4. The second-order valence-corrected chi connectivity index (χ2v) is 9.07. The van der Waals surface area contributed by atoms with Crippen molar-refractivity contribution in [2.45, 2.75) is 43.2 Å². The van der Waals surface area contributed by atoms with Crippen LogP contribution in [-0.2, 0) is 21.2 Å². The average molecular weight is 392 g/mol. The van der Waals surface area contributed by atoms with Crippen LogP contribution in [0.3, 0.4) is 0 Å². The fourth-order valence-corrected chi connectivity index (χ4v) is 5.56. The van der Waals surface area contributed by atoms with Gasteiger partial charge in [0.1, 0.15) is 6.04 Å². The zero-order valence-corrected chi connectivity index (χ0v) is 16.6. The van der Waals surface area contributed by atoms with Gasteiger partial charge in [-0.05, 0) is 37.5 Å². The van der Waals surface area contributed by atoms with Crippen LogP contribution in [0.1, 0.15) is 36.2 Å². The fraction of sp³-hybridized carbons (Fsp3) is 0.556. The molecule has 1 aromatic heterocycles. The highest BCUT2D eigenvalue weighted by Gasteiger charge is 2.44. The SMILES string of the molecule is CO[C@H]1C[C@H](c2nc(C)no2)N(S(=O)(=O)c2ccc3c(c2)N(C)CCC3)C1. The summed E-state index contributed by atoms with van der Waals surface area (Å²) in [6.45, 7) is 2.90. The van der Waals surface area contributed by atoms with E-state index in [0.29, 0.717) is 18.1 Å². The molecule has 1 aromatic carbocycles. The van der Waals surface area contributed by atoms with Crippen molar-refractivity contribution in [1.82, 2.24) is 14.4 Å². The molecule has 4 rings (SSSR count). The number of methoxy groups -OCH3 is 1. The molecule has 0 unspecified atom stereocenters. The number of sulfonamides is 1.